The molecule has 1 atom stereocenters. The highest BCUT2D eigenvalue weighted by Crippen LogP contribution is 2.31. The summed E-state index contributed by atoms with van der Waals surface area (Å²) in [7, 11) is 0. The first-order chi connectivity index (χ1) is 12.9. The molecule has 0 unspecified atom stereocenters. The predicted molar refractivity (Wildman–Crippen MR) is 88.5 cm³/mol. The normalized spacial score (nSPS) is 12.6. The lowest BCUT2D eigenvalue weighted by molar-refractivity contribution is -0.137. The van der Waals surface area contributed by atoms with Gasteiger partial charge in [-0.05, 0) is 24.3 Å². The molecular weight excluding hydrogens is 363 g/mol. The van der Waals surface area contributed by atoms with E-state index in [0.717, 1.165) is 12.1 Å². The van der Waals surface area contributed by atoms with Gasteiger partial charge in [0.25, 0.3) is 11.8 Å². The third-order valence-corrected chi connectivity index (χ3v) is 3.71. The van der Waals surface area contributed by atoms with Gasteiger partial charge in [0.15, 0.2) is 0 Å². The lowest BCUT2D eigenvalue weighted by Gasteiger charge is -2.12. The van der Waals surface area contributed by atoms with Crippen LogP contribution in [0.4, 0.5) is 13.2 Å². The molecular formula is C18H14F3N3O3. The monoisotopic (exact) mass is 377 g/mol. The molecule has 0 bridgehead atoms. The molecule has 0 aliphatic heterocycles. The molecule has 1 aromatic heterocycles. The SMILES string of the molecule is O=C(N[C@@H](CO)c1nc(-c2cccc(C(F)(F)F)c2)no1)c1ccccc1. The minimum absolute atomic E-state index is 0.0801. The second-order valence-electron chi connectivity index (χ2n) is 5.61. The lowest BCUT2D eigenvalue weighted by Crippen LogP contribution is -2.31. The summed E-state index contributed by atoms with van der Waals surface area (Å²) in [6, 6.07) is 11.8. The molecule has 3 aromatic rings. The van der Waals surface area contributed by atoms with Gasteiger partial charge in [0.1, 0.15) is 6.04 Å². The van der Waals surface area contributed by atoms with Crippen LogP contribution >= 0.6 is 0 Å². The summed E-state index contributed by atoms with van der Waals surface area (Å²) in [6.07, 6.45) is -4.50. The fourth-order valence-electron chi connectivity index (χ4n) is 2.35. The Morgan fingerprint density at radius 1 is 1.15 bits per heavy atom. The van der Waals surface area contributed by atoms with Gasteiger partial charge in [-0.1, -0.05) is 35.5 Å². The Balaban J connectivity index is 1.80. The molecule has 1 amide bonds. The van der Waals surface area contributed by atoms with Crippen molar-refractivity contribution in [1.82, 2.24) is 15.5 Å². The summed E-state index contributed by atoms with van der Waals surface area (Å²) in [5, 5.41) is 15.7. The molecule has 2 aromatic carbocycles. The summed E-state index contributed by atoms with van der Waals surface area (Å²) in [6.45, 7) is -0.525. The fraction of sp³-hybridized carbons (Fsp3) is 0.167. The first kappa shape index (κ1) is 18.6. The molecule has 0 saturated heterocycles. The Labute approximate surface area is 151 Å². The Hall–Kier alpha value is -3.20. The van der Waals surface area contributed by atoms with Crippen LogP contribution in [0.1, 0.15) is 27.9 Å². The van der Waals surface area contributed by atoms with Gasteiger partial charge in [-0.15, -0.1) is 0 Å². The van der Waals surface area contributed by atoms with E-state index in [0.29, 0.717) is 5.56 Å². The quantitative estimate of drug-likeness (QED) is 0.713. The molecule has 6 nitrogen and oxygen atoms in total. The van der Waals surface area contributed by atoms with E-state index in [1.807, 2.05) is 0 Å². The molecule has 1 heterocycles. The number of nitrogens with zero attached hydrogens (tertiary/aromatic N) is 2. The van der Waals surface area contributed by atoms with Crippen LogP contribution in [0.15, 0.2) is 59.1 Å². The highest BCUT2D eigenvalue weighted by molar-refractivity contribution is 5.94. The first-order valence-electron chi connectivity index (χ1n) is 7.86. The van der Waals surface area contributed by atoms with Crippen LogP contribution in [0.3, 0.4) is 0 Å². The number of hydrogen-bond donors (Lipinski definition) is 2. The number of amides is 1. The minimum atomic E-state index is -4.50. The van der Waals surface area contributed by atoms with Gasteiger partial charge >= 0.3 is 6.18 Å². The molecule has 27 heavy (non-hydrogen) atoms. The summed E-state index contributed by atoms with van der Waals surface area (Å²) in [5.74, 6) is -0.661. The Kier molecular flexibility index (Phi) is 5.22. The number of alkyl halides is 3. The van der Waals surface area contributed by atoms with Gasteiger partial charge in [-0.2, -0.15) is 18.2 Å². The van der Waals surface area contributed by atoms with Gasteiger partial charge in [-0.3, -0.25) is 4.79 Å². The molecule has 0 spiro atoms. The van der Waals surface area contributed by atoms with Crippen molar-refractivity contribution in [3.8, 4) is 11.4 Å². The van der Waals surface area contributed by atoms with Gasteiger partial charge in [0.2, 0.25) is 5.82 Å². The third kappa shape index (κ3) is 4.32. The van der Waals surface area contributed by atoms with Crippen LogP contribution in [-0.4, -0.2) is 27.8 Å². The number of hydrogen-bond acceptors (Lipinski definition) is 5. The Bertz CT molecular complexity index is 926. The van der Waals surface area contributed by atoms with Crippen molar-refractivity contribution >= 4 is 5.91 Å². The van der Waals surface area contributed by atoms with Crippen LogP contribution in [0.5, 0.6) is 0 Å². The molecule has 0 aliphatic carbocycles. The Morgan fingerprint density at radius 2 is 1.89 bits per heavy atom. The molecule has 0 fully saturated rings. The third-order valence-electron chi connectivity index (χ3n) is 3.71. The number of benzene rings is 2. The number of nitrogens with one attached hydrogen (secondary N) is 1. The van der Waals surface area contributed by atoms with Crippen LogP contribution in [0.25, 0.3) is 11.4 Å². The molecule has 2 N–H and O–H groups in total. The van der Waals surface area contributed by atoms with E-state index in [1.165, 1.54) is 12.1 Å². The van der Waals surface area contributed by atoms with Gasteiger partial charge in [0.05, 0.1) is 12.2 Å². The van der Waals surface area contributed by atoms with E-state index >= 15 is 0 Å². The fourth-order valence-corrected chi connectivity index (χ4v) is 2.35. The number of aliphatic hydroxyl groups is 1. The highest BCUT2D eigenvalue weighted by Gasteiger charge is 2.31. The molecule has 9 heteroatoms. The van der Waals surface area contributed by atoms with Crippen molar-refractivity contribution in [2.24, 2.45) is 0 Å². The zero-order chi connectivity index (χ0) is 19.4. The van der Waals surface area contributed by atoms with E-state index in [1.54, 1.807) is 30.3 Å². The van der Waals surface area contributed by atoms with Crippen LogP contribution in [0, 0.1) is 0 Å². The van der Waals surface area contributed by atoms with Crippen molar-refractivity contribution in [3.05, 3.63) is 71.6 Å². The van der Waals surface area contributed by atoms with Crippen LogP contribution < -0.4 is 5.32 Å². The molecule has 3 rings (SSSR count). The van der Waals surface area contributed by atoms with Crippen LogP contribution in [-0.2, 0) is 6.18 Å². The van der Waals surface area contributed by atoms with Crippen LogP contribution in [0.2, 0.25) is 0 Å². The number of carbonyl (C=O) groups is 1. The van der Waals surface area contributed by atoms with E-state index in [9.17, 15) is 23.1 Å². The minimum Gasteiger partial charge on any atom is -0.394 e. The zero-order valence-corrected chi connectivity index (χ0v) is 13.8. The molecule has 0 saturated carbocycles. The van der Waals surface area contributed by atoms with E-state index in [2.05, 4.69) is 15.5 Å². The zero-order valence-electron chi connectivity index (χ0n) is 13.8. The van der Waals surface area contributed by atoms with Crippen molar-refractivity contribution in [1.29, 1.82) is 0 Å². The topological polar surface area (TPSA) is 88.2 Å². The van der Waals surface area contributed by atoms with Crippen molar-refractivity contribution < 1.29 is 27.6 Å². The summed E-state index contributed by atoms with van der Waals surface area (Å²) < 4.78 is 43.5. The standard InChI is InChI=1S/C18H14F3N3O3/c19-18(20,21)13-8-4-7-12(9-13)15-23-17(27-24-15)14(10-25)22-16(26)11-5-2-1-3-6-11/h1-9,14,25H,10H2,(H,22,26)/t14-/m0/s1. The van der Waals surface area contributed by atoms with Crippen molar-refractivity contribution in [2.45, 2.75) is 12.2 Å². The summed E-state index contributed by atoms with van der Waals surface area (Å²) in [5.41, 5.74) is -0.373. The smallest absolute Gasteiger partial charge is 0.394 e. The van der Waals surface area contributed by atoms with Gasteiger partial charge in [-0.25, -0.2) is 0 Å². The average Bonchev–Trinajstić information content (AvgIpc) is 3.16. The lowest BCUT2D eigenvalue weighted by atomic mass is 10.1. The maximum Gasteiger partial charge on any atom is 0.416 e. The van der Waals surface area contributed by atoms with E-state index in [4.69, 9.17) is 4.52 Å². The second-order valence-corrected chi connectivity index (χ2v) is 5.61. The maximum absolute atomic E-state index is 12.8. The average molecular weight is 377 g/mol. The van der Waals surface area contributed by atoms with E-state index < -0.39 is 30.3 Å². The van der Waals surface area contributed by atoms with Gasteiger partial charge in [0, 0.05) is 11.1 Å². The Morgan fingerprint density at radius 3 is 2.56 bits per heavy atom. The van der Waals surface area contributed by atoms with Gasteiger partial charge < -0.3 is 14.9 Å². The van der Waals surface area contributed by atoms with Crippen molar-refractivity contribution in [3.63, 3.8) is 0 Å². The number of aromatic nitrogens is 2. The number of carbonyl (C=O) groups excluding carboxylic acids is 1. The number of aliphatic hydroxyl groups excluding tert-OH is 1. The second kappa shape index (κ2) is 7.58. The molecule has 140 valence electrons. The maximum atomic E-state index is 12.8. The summed E-state index contributed by atoms with van der Waals surface area (Å²) in [4.78, 5) is 16.2. The highest BCUT2D eigenvalue weighted by atomic mass is 19.4. The molecule has 0 radical (unpaired) electrons. The predicted octanol–water partition coefficient (Wildman–Crippen LogP) is 3.22. The van der Waals surface area contributed by atoms with E-state index in [-0.39, 0.29) is 17.3 Å². The van der Waals surface area contributed by atoms with Crippen molar-refractivity contribution in [2.75, 3.05) is 6.61 Å². The largest absolute Gasteiger partial charge is 0.416 e. The summed E-state index contributed by atoms with van der Waals surface area (Å²) >= 11 is 0. The first-order valence-corrected chi connectivity index (χ1v) is 7.86. The number of rotatable bonds is 5. The number of halogens is 3. The molecule has 0 aliphatic rings.